The molecule has 2 bridgehead atoms. The Labute approximate surface area is 157 Å². The van der Waals surface area contributed by atoms with Crippen LogP contribution in [-0.2, 0) is 16.1 Å². The molecule has 3 atom stereocenters. The highest BCUT2D eigenvalue weighted by Crippen LogP contribution is 2.34. The zero-order chi connectivity index (χ0) is 18.2. The zero-order valence-corrected chi connectivity index (χ0v) is 14.9. The van der Waals surface area contributed by atoms with Gasteiger partial charge in [-0.3, -0.25) is 14.5 Å². The van der Waals surface area contributed by atoms with E-state index in [0.29, 0.717) is 13.1 Å². The zero-order valence-electron chi connectivity index (χ0n) is 14.9. The Kier molecular flexibility index (Phi) is 4.03. The van der Waals surface area contributed by atoms with Crippen LogP contribution in [0.1, 0.15) is 17.2 Å². The van der Waals surface area contributed by atoms with Gasteiger partial charge in [0.15, 0.2) is 0 Å². The number of H-pyrrole nitrogens is 1. The first-order valence-corrected chi connectivity index (χ1v) is 9.27. The molecule has 5 heteroatoms. The van der Waals surface area contributed by atoms with Crippen molar-refractivity contribution in [2.24, 2.45) is 0 Å². The molecule has 3 aromatic rings. The average Bonchev–Trinajstić information content (AvgIpc) is 3.10. The number of nitrogens with one attached hydrogen (secondary N) is 1. The Morgan fingerprint density at radius 1 is 1.11 bits per heavy atom. The summed E-state index contributed by atoms with van der Waals surface area (Å²) in [7, 11) is 0. The molecule has 3 unspecified atom stereocenters. The molecule has 0 aliphatic carbocycles. The van der Waals surface area contributed by atoms with Crippen molar-refractivity contribution in [1.29, 1.82) is 0 Å². The molecule has 1 aromatic heterocycles. The highest BCUT2D eigenvalue weighted by Gasteiger charge is 2.39. The standard InChI is InChI=1S/C22H21N3O2/c26-21(13-17-14-23-19-10-5-4-9-18(17)19)25-15-24-12-6-11-20(27-25)22(24)16-7-2-1-3-8-16/h1-11,14,20,22-23H,12-13,15H2. The van der Waals surface area contributed by atoms with Crippen LogP contribution in [0, 0.1) is 0 Å². The molecule has 0 radical (unpaired) electrons. The molecule has 2 aromatic carbocycles. The van der Waals surface area contributed by atoms with Gasteiger partial charge < -0.3 is 4.98 Å². The number of benzene rings is 2. The minimum absolute atomic E-state index is 0.0171. The molecule has 5 nitrogen and oxygen atoms in total. The molecule has 2 aliphatic heterocycles. The predicted octanol–water partition coefficient (Wildman–Crippen LogP) is 3.42. The van der Waals surface area contributed by atoms with Crippen molar-refractivity contribution in [3.63, 3.8) is 0 Å². The maximum Gasteiger partial charge on any atom is 0.251 e. The summed E-state index contributed by atoms with van der Waals surface area (Å²) in [5.41, 5.74) is 3.27. The molecule has 0 spiro atoms. The molecule has 3 heterocycles. The van der Waals surface area contributed by atoms with Crippen LogP contribution in [0.15, 0.2) is 72.9 Å². The van der Waals surface area contributed by atoms with Gasteiger partial charge in [0.1, 0.15) is 12.8 Å². The van der Waals surface area contributed by atoms with Gasteiger partial charge in [0, 0.05) is 23.6 Å². The van der Waals surface area contributed by atoms with E-state index in [4.69, 9.17) is 4.84 Å². The minimum atomic E-state index is -0.151. The lowest BCUT2D eigenvalue weighted by atomic mass is 9.96. The van der Waals surface area contributed by atoms with Crippen LogP contribution in [0.25, 0.3) is 10.9 Å². The van der Waals surface area contributed by atoms with Gasteiger partial charge in [-0.1, -0.05) is 60.7 Å². The van der Waals surface area contributed by atoms with Crippen molar-refractivity contribution < 1.29 is 9.63 Å². The second kappa shape index (κ2) is 6.68. The second-order valence-electron chi connectivity index (χ2n) is 7.07. The van der Waals surface area contributed by atoms with Gasteiger partial charge in [-0.2, -0.15) is 0 Å². The normalized spacial score (nSPS) is 24.3. The number of aromatic nitrogens is 1. The van der Waals surface area contributed by atoms with E-state index in [1.165, 1.54) is 10.6 Å². The van der Waals surface area contributed by atoms with Gasteiger partial charge in [0.25, 0.3) is 5.91 Å². The third-order valence-corrected chi connectivity index (χ3v) is 5.37. The molecule has 1 amide bonds. The molecule has 1 N–H and O–H groups in total. The lowest BCUT2D eigenvalue weighted by Crippen LogP contribution is -2.55. The van der Waals surface area contributed by atoms with E-state index >= 15 is 0 Å². The monoisotopic (exact) mass is 359 g/mol. The molecular formula is C22H21N3O2. The fourth-order valence-electron chi connectivity index (χ4n) is 4.06. The van der Waals surface area contributed by atoms with Crippen LogP contribution in [-0.4, -0.2) is 40.2 Å². The van der Waals surface area contributed by atoms with Crippen LogP contribution >= 0.6 is 0 Å². The number of para-hydroxylation sites is 1. The molecule has 27 heavy (non-hydrogen) atoms. The van der Waals surface area contributed by atoms with Crippen LogP contribution in [0.5, 0.6) is 0 Å². The minimum Gasteiger partial charge on any atom is -0.361 e. The van der Waals surface area contributed by atoms with Gasteiger partial charge >= 0.3 is 0 Å². The van der Waals surface area contributed by atoms with E-state index in [1.54, 1.807) is 0 Å². The molecule has 5 rings (SSSR count). The van der Waals surface area contributed by atoms with Gasteiger partial charge in [0.2, 0.25) is 0 Å². The summed E-state index contributed by atoms with van der Waals surface area (Å²) < 4.78 is 0. The molecule has 2 aliphatic rings. The summed E-state index contributed by atoms with van der Waals surface area (Å²) in [4.78, 5) is 24.5. The highest BCUT2D eigenvalue weighted by molar-refractivity contribution is 5.88. The number of hydroxylamine groups is 2. The van der Waals surface area contributed by atoms with Crippen molar-refractivity contribution in [3.8, 4) is 0 Å². The number of amides is 1. The molecule has 0 saturated carbocycles. The van der Waals surface area contributed by atoms with Gasteiger partial charge in [-0.15, -0.1) is 0 Å². The number of hydrogen-bond acceptors (Lipinski definition) is 3. The number of carbonyl (C=O) groups is 1. The Morgan fingerprint density at radius 2 is 1.93 bits per heavy atom. The molecule has 136 valence electrons. The summed E-state index contributed by atoms with van der Waals surface area (Å²) in [6.45, 7) is 1.29. The quantitative estimate of drug-likeness (QED) is 0.729. The summed E-state index contributed by atoms with van der Waals surface area (Å²) in [6, 6.07) is 18.5. The van der Waals surface area contributed by atoms with Crippen molar-refractivity contribution in [3.05, 3.63) is 84.1 Å². The summed E-state index contributed by atoms with van der Waals surface area (Å²) >= 11 is 0. The van der Waals surface area contributed by atoms with E-state index in [-0.39, 0.29) is 18.1 Å². The van der Waals surface area contributed by atoms with Gasteiger partial charge in [-0.05, 0) is 17.2 Å². The Hall–Kier alpha value is -2.89. The first-order chi connectivity index (χ1) is 13.3. The smallest absolute Gasteiger partial charge is 0.251 e. The van der Waals surface area contributed by atoms with Gasteiger partial charge in [0.05, 0.1) is 12.5 Å². The van der Waals surface area contributed by atoms with E-state index in [2.05, 4.69) is 34.2 Å². The van der Waals surface area contributed by atoms with Crippen LogP contribution in [0.4, 0.5) is 0 Å². The summed E-state index contributed by atoms with van der Waals surface area (Å²) in [5.74, 6) is -0.0171. The fraction of sp³-hybridized carbons (Fsp3) is 0.227. The molecular weight excluding hydrogens is 338 g/mol. The first-order valence-electron chi connectivity index (χ1n) is 9.27. The average molecular weight is 359 g/mol. The Morgan fingerprint density at radius 3 is 2.78 bits per heavy atom. The maximum atomic E-state index is 12.9. The topological polar surface area (TPSA) is 48.6 Å². The third kappa shape index (κ3) is 2.95. The highest BCUT2D eigenvalue weighted by atomic mass is 16.7. The number of carbonyl (C=O) groups excluding carboxylic acids is 1. The predicted molar refractivity (Wildman–Crippen MR) is 104 cm³/mol. The SMILES string of the molecule is O=C(Cc1c[nH]c2ccccc12)N1CN2CC=CC(O1)C2c1ccccc1. The van der Waals surface area contributed by atoms with E-state index in [1.807, 2.05) is 48.7 Å². The Balaban J connectivity index is 1.35. The number of nitrogens with zero attached hydrogens (tertiary/aromatic N) is 2. The number of aromatic amines is 1. The fourth-order valence-corrected chi connectivity index (χ4v) is 4.06. The molecule has 1 fully saturated rings. The first kappa shape index (κ1) is 16.3. The number of rotatable bonds is 3. The number of hydrogen-bond donors (Lipinski definition) is 1. The second-order valence-corrected chi connectivity index (χ2v) is 7.07. The van der Waals surface area contributed by atoms with Gasteiger partial charge in [-0.25, -0.2) is 5.06 Å². The van der Waals surface area contributed by atoms with E-state index in [0.717, 1.165) is 23.0 Å². The third-order valence-electron chi connectivity index (χ3n) is 5.37. The summed E-state index contributed by atoms with van der Waals surface area (Å²) in [6.07, 6.45) is 6.27. The lowest BCUT2D eigenvalue weighted by Gasteiger charge is -2.46. The number of fused-ring (bicyclic) bond motifs is 3. The lowest BCUT2D eigenvalue weighted by molar-refractivity contribution is -0.254. The Bertz CT molecular complexity index is 995. The van der Waals surface area contributed by atoms with Crippen molar-refractivity contribution in [2.45, 2.75) is 18.6 Å². The maximum absolute atomic E-state index is 12.9. The van der Waals surface area contributed by atoms with Crippen LogP contribution in [0.2, 0.25) is 0 Å². The van der Waals surface area contributed by atoms with Crippen molar-refractivity contribution >= 4 is 16.8 Å². The van der Waals surface area contributed by atoms with E-state index < -0.39 is 0 Å². The summed E-state index contributed by atoms with van der Waals surface area (Å²) in [5, 5.41) is 2.61. The van der Waals surface area contributed by atoms with E-state index in [9.17, 15) is 4.79 Å². The van der Waals surface area contributed by atoms with Crippen molar-refractivity contribution in [2.75, 3.05) is 13.2 Å². The largest absolute Gasteiger partial charge is 0.361 e. The molecule has 1 saturated heterocycles. The van der Waals surface area contributed by atoms with Crippen LogP contribution < -0.4 is 0 Å². The van der Waals surface area contributed by atoms with Crippen LogP contribution in [0.3, 0.4) is 0 Å². The van der Waals surface area contributed by atoms with Crippen molar-refractivity contribution in [1.82, 2.24) is 14.9 Å².